The van der Waals surface area contributed by atoms with Gasteiger partial charge >= 0.3 is 0 Å². The Bertz CT molecular complexity index is 752. The fraction of sp³-hybridized carbons (Fsp3) is 0.278. The molecule has 2 aromatic rings. The van der Waals surface area contributed by atoms with Crippen molar-refractivity contribution in [2.24, 2.45) is 0 Å². The van der Waals surface area contributed by atoms with Gasteiger partial charge in [-0.3, -0.25) is 4.79 Å². The maximum absolute atomic E-state index is 12.4. The lowest BCUT2D eigenvalue weighted by atomic mass is 10.2. The molecule has 0 spiro atoms. The van der Waals surface area contributed by atoms with Crippen molar-refractivity contribution in [3.63, 3.8) is 0 Å². The van der Waals surface area contributed by atoms with E-state index in [-0.39, 0.29) is 5.91 Å². The van der Waals surface area contributed by atoms with Gasteiger partial charge in [0, 0.05) is 17.4 Å². The first kappa shape index (κ1) is 18.7. The molecule has 1 amide bonds. The van der Waals surface area contributed by atoms with Crippen LogP contribution in [-0.4, -0.2) is 33.3 Å². The topological polar surface area (TPSA) is 68.8 Å². The molecule has 0 fully saturated rings. The minimum atomic E-state index is -0.474. The highest BCUT2D eigenvalue weighted by Crippen LogP contribution is 2.30. The number of hydrogen-bond donors (Lipinski definition) is 2. The number of anilines is 2. The molecule has 2 aromatic carbocycles. The molecule has 25 heavy (non-hydrogen) atoms. The second kappa shape index (κ2) is 8.48. The summed E-state index contributed by atoms with van der Waals surface area (Å²) in [7, 11) is 4.65. The Kier molecular flexibility index (Phi) is 6.36. The van der Waals surface area contributed by atoms with Crippen molar-refractivity contribution >= 4 is 28.9 Å². The van der Waals surface area contributed by atoms with Crippen LogP contribution in [0, 0.1) is 0 Å². The third kappa shape index (κ3) is 4.70. The first-order valence-electron chi connectivity index (χ1n) is 7.61. The highest BCUT2D eigenvalue weighted by molar-refractivity contribution is 6.32. The van der Waals surface area contributed by atoms with E-state index in [0.717, 1.165) is 5.69 Å². The monoisotopic (exact) mass is 364 g/mol. The van der Waals surface area contributed by atoms with Crippen LogP contribution in [0.3, 0.4) is 0 Å². The van der Waals surface area contributed by atoms with Gasteiger partial charge in [-0.05, 0) is 37.3 Å². The average Bonchev–Trinajstić information content (AvgIpc) is 2.61. The molecule has 0 bridgehead atoms. The molecule has 0 saturated carbocycles. The first-order valence-corrected chi connectivity index (χ1v) is 7.99. The van der Waals surface area contributed by atoms with Gasteiger partial charge in [0.1, 0.15) is 11.8 Å². The standard InChI is InChI=1S/C18H21ClN2O4/c1-11(20-12-5-7-15(23-2)14(19)9-12)18(22)21-13-6-8-16(24-3)17(10-13)25-4/h5-11,20H,1-4H3,(H,21,22). The van der Waals surface area contributed by atoms with Gasteiger partial charge in [0.2, 0.25) is 5.91 Å². The Labute approximate surface area is 152 Å². The summed E-state index contributed by atoms with van der Waals surface area (Å²) in [5, 5.41) is 6.40. The van der Waals surface area contributed by atoms with E-state index in [9.17, 15) is 4.79 Å². The number of nitrogens with one attached hydrogen (secondary N) is 2. The summed E-state index contributed by atoms with van der Waals surface area (Å²) in [6, 6.07) is 9.95. The lowest BCUT2D eigenvalue weighted by Gasteiger charge is -2.17. The summed E-state index contributed by atoms with van der Waals surface area (Å²) in [5.74, 6) is 1.52. The Balaban J connectivity index is 2.04. The van der Waals surface area contributed by atoms with Crippen LogP contribution < -0.4 is 24.8 Å². The van der Waals surface area contributed by atoms with Crippen LogP contribution >= 0.6 is 11.6 Å². The number of carbonyl (C=O) groups is 1. The highest BCUT2D eigenvalue weighted by Gasteiger charge is 2.15. The third-order valence-corrected chi connectivity index (χ3v) is 3.87. The summed E-state index contributed by atoms with van der Waals surface area (Å²) >= 11 is 6.09. The molecule has 134 valence electrons. The average molecular weight is 365 g/mol. The van der Waals surface area contributed by atoms with Gasteiger partial charge in [0.25, 0.3) is 0 Å². The summed E-state index contributed by atoms with van der Waals surface area (Å²) in [4.78, 5) is 12.4. The maximum atomic E-state index is 12.4. The van der Waals surface area contributed by atoms with Crippen LogP contribution in [0.2, 0.25) is 5.02 Å². The summed E-state index contributed by atoms with van der Waals surface area (Å²) in [6.45, 7) is 1.76. The molecule has 0 saturated heterocycles. The lowest BCUT2D eigenvalue weighted by Crippen LogP contribution is -2.31. The minimum absolute atomic E-state index is 0.195. The molecule has 0 heterocycles. The van der Waals surface area contributed by atoms with Gasteiger partial charge in [0.05, 0.1) is 26.4 Å². The van der Waals surface area contributed by atoms with Crippen molar-refractivity contribution in [2.75, 3.05) is 32.0 Å². The van der Waals surface area contributed by atoms with Gasteiger partial charge in [-0.1, -0.05) is 11.6 Å². The molecule has 1 atom stereocenters. The summed E-state index contributed by atoms with van der Waals surface area (Å²) < 4.78 is 15.5. The highest BCUT2D eigenvalue weighted by atomic mass is 35.5. The Morgan fingerprint density at radius 2 is 1.52 bits per heavy atom. The molecule has 0 aliphatic rings. The van der Waals surface area contributed by atoms with E-state index in [1.165, 1.54) is 0 Å². The van der Waals surface area contributed by atoms with Crippen molar-refractivity contribution in [2.45, 2.75) is 13.0 Å². The number of methoxy groups -OCH3 is 3. The minimum Gasteiger partial charge on any atom is -0.495 e. The molecule has 2 N–H and O–H groups in total. The molecule has 6 nitrogen and oxygen atoms in total. The second-order valence-corrected chi connectivity index (χ2v) is 5.68. The zero-order valence-electron chi connectivity index (χ0n) is 14.6. The number of hydrogen-bond acceptors (Lipinski definition) is 5. The van der Waals surface area contributed by atoms with E-state index < -0.39 is 6.04 Å². The summed E-state index contributed by atoms with van der Waals surface area (Å²) in [5.41, 5.74) is 1.34. The van der Waals surface area contributed by atoms with Gasteiger partial charge in [-0.25, -0.2) is 0 Å². The van der Waals surface area contributed by atoms with Crippen LogP contribution in [0.4, 0.5) is 11.4 Å². The smallest absolute Gasteiger partial charge is 0.246 e. The largest absolute Gasteiger partial charge is 0.495 e. The molecule has 7 heteroatoms. The second-order valence-electron chi connectivity index (χ2n) is 5.27. The van der Waals surface area contributed by atoms with Crippen LogP contribution in [0.5, 0.6) is 17.2 Å². The van der Waals surface area contributed by atoms with Crippen molar-refractivity contribution in [1.82, 2.24) is 0 Å². The van der Waals surface area contributed by atoms with Gasteiger partial charge in [-0.2, -0.15) is 0 Å². The SMILES string of the molecule is COc1ccc(NC(C)C(=O)Nc2ccc(OC)c(OC)c2)cc1Cl. The predicted octanol–water partition coefficient (Wildman–Crippen LogP) is 3.80. The number of carbonyl (C=O) groups excluding carboxylic acids is 1. The molecule has 0 aliphatic heterocycles. The fourth-order valence-electron chi connectivity index (χ4n) is 2.24. The molecular formula is C18H21ClN2O4. The zero-order chi connectivity index (χ0) is 18.4. The molecule has 0 radical (unpaired) electrons. The number of amides is 1. The van der Waals surface area contributed by atoms with Crippen molar-refractivity contribution in [1.29, 1.82) is 0 Å². The fourth-order valence-corrected chi connectivity index (χ4v) is 2.49. The van der Waals surface area contributed by atoms with E-state index in [1.807, 2.05) is 0 Å². The molecule has 1 unspecified atom stereocenters. The Morgan fingerprint density at radius 3 is 2.12 bits per heavy atom. The Hall–Kier alpha value is -2.60. The van der Waals surface area contributed by atoms with E-state index in [0.29, 0.717) is 28.0 Å². The van der Waals surface area contributed by atoms with Crippen LogP contribution in [0.25, 0.3) is 0 Å². The van der Waals surface area contributed by atoms with Crippen LogP contribution in [0.15, 0.2) is 36.4 Å². The maximum Gasteiger partial charge on any atom is 0.246 e. The first-order chi connectivity index (χ1) is 12.0. The normalized spacial score (nSPS) is 11.4. The Morgan fingerprint density at radius 1 is 0.920 bits per heavy atom. The lowest BCUT2D eigenvalue weighted by molar-refractivity contribution is -0.116. The molecule has 0 aliphatic carbocycles. The van der Waals surface area contributed by atoms with Crippen molar-refractivity contribution in [3.05, 3.63) is 41.4 Å². The van der Waals surface area contributed by atoms with Crippen LogP contribution in [0.1, 0.15) is 6.92 Å². The number of rotatable bonds is 7. The molecule has 0 aromatic heterocycles. The van der Waals surface area contributed by atoms with Crippen molar-refractivity contribution in [3.8, 4) is 17.2 Å². The van der Waals surface area contributed by atoms with Gasteiger partial charge in [-0.15, -0.1) is 0 Å². The van der Waals surface area contributed by atoms with Gasteiger partial charge < -0.3 is 24.8 Å². The van der Waals surface area contributed by atoms with E-state index in [2.05, 4.69) is 10.6 Å². The zero-order valence-corrected chi connectivity index (χ0v) is 15.3. The molecule has 2 rings (SSSR count). The van der Waals surface area contributed by atoms with E-state index in [4.69, 9.17) is 25.8 Å². The quantitative estimate of drug-likeness (QED) is 0.782. The summed E-state index contributed by atoms with van der Waals surface area (Å²) in [6.07, 6.45) is 0. The van der Waals surface area contributed by atoms with Gasteiger partial charge in [0.15, 0.2) is 11.5 Å². The van der Waals surface area contributed by atoms with Crippen molar-refractivity contribution < 1.29 is 19.0 Å². The number of benzene rings is 2. The van der Waals surface area contributed by atoms with E-state index >= 15 is 0 Å². The van der Waals surface area contributed by atoms with Crippen LogP contribution in [-0.2, 0) is 4.79 Å². The third-order valence-electron chi connectivity index (χ3n) is 3.58. The predicted molar refractivity (Wildman–Crippen MR) is 99.3 cm³/mol. The molecular weight excluding hydrogens is 344 g/mol. The van der Waals surface area contributed by atoms with E-state index in [1.54, 1.807) is 64.7 Å². The number of halogens is 1. The number of ether oxygens (including phenoxy) is 3.